The second-order valence-electron chi connectivity index (χ2n) is 6.21. The Balaban J connectivity index is 1.65. The maximum atomic E-state index is 13.9. The smallest absolute Gasteiger partial charge is 0.229 e. The van der Waals surface area contributed by atoms with Gasteiger partial charge in [-0.1, -0.05) is 18.2 Å². The first-order valence-corrected chi connectivity index (χ1v) is 9.29. The second-order valence-corrected chi connectivity index (χ2v) is 7.06. The number of hydrogen-bond donors (Lipinski definition) is 1. The summed E-state index contributed by atoms with van der Waals surface area (Å²) in [5, 5.41) is 6.89. The van der Waals surface area contributed by atoms with Gasteiger partial charge in [0.2, 0.25) is 11.9 Å². The van der Waals surface area contributed by atoms with E-state index in [2.05, 4.69) is 31.3 Å². The highest BCUT2D eigenvalue weighted by molar-refractivity contribution is 9.10. The lowest BCUT2D eigenvalue weighted by molar-refractivity contribution is -0.117. The summed E-state index contributed by atoms with van der Waals surface area (Å²) in [6.45, 7) is 0.0556. The van der Waals surface area contributed by atoms with Gasteiger partial charge in [-0.15, -0.1) is 0 Å². The Morgan fingerprint density at radius 3 is 2.96 bits per heavy atom. The standard InChI is InChI=1S/C19H16BrFN4O3/c1-27-16-7-12(15-8-17(26)24-19-22-10-23-25(15)19)6-13(20)18(16)28-9-11-4-2-3-5-14(11)21/h2-7,10,15H,8-9H2,1H3,(H,22,23,24,26)/t15-/m0/s1. The van der Waals surface area contributed by atoms with Crippen molar-refractivity contribution in [1.82, 2.24) is 14.8 Å². The Hall–Kier alpha value is -2.94. The largest absolute Gasteiger partial charge is 0.493 e. The molecular formula is C19H16BrFN4O3. The molecule has 0 saturated carbocycles. The highest BCUT2D eigenvalue weighted by Gasteiger charge is 2.29. The lowest BCUT2D eigenvalue weighted by Crippen LogP contribution is -2.29. The number of carbonyl (C=O) groups excluding carboxylic acids is 1. The van der Waals surface area contributed by atoms with E-state index in [1.807, 2.05) is 6.07 Å². The lowest BCUT2D eigenvalue weighted by Gasteiger charge is -2.25. The number of aromatic nitrogens is 3. The fourth-order valence-electron chi connectivity index (χ4n) is 3.10. The van der Waals surface area contributed by atoms with Crippen LogP contribution < -0.4 is 14.8 Å². The molecule has 1 N–H and O–H groups in total. The molecule has 144 valence electrons. The quantitative estimate of drug-likeness (QED) is 0.646. The van der Waals surface area contributed by atoms with Crippen LogP contribution in [-0.4, -0.2) is 27.8 Å². The average molecular weight is 447 g/mol. The molecule has 1 aliphatic heterocycles. The number of nitrogens with zero attached hydrogens (tertiary/aromatic N) is 3. The lowest BCUT2D eigenvalue weighted by atomic mass is 10.0. The molecule has 9 heteroatoms. The summed E-state index contributed by atoms with van der Waals surface area (Å²) >= 11 is 3.50. The third kappa shape index (κ3) is 3.45. The van der Waals surface area contributed by atoms with E-state index in [1.165, 1.54) is 19.5 Å². The van der Waals surface area contributed by atoms with Crippen molar-refractivity contribution < 1.29 is 18.7 Å². The van der Waals surface area contributed by atoms with Gasteiger partial charge in [0.05, 0.1) is 24.0 Å². The minimum absolute atomic E-state index is 0.0556. The molecule has 0 bridgehead atoms. The highest BCUT2D eigenvalue weighted by Crippen LogP contribution is 2.41. The Labute approximate surface area is 168 Å². The van der Waals surface area contributed by atoms with E-state index in [-0.39, 0.29) is 30.8 Å². The molecule has 3 aromatic rings. The monoisotopic (exact) mass is 446 g/mol. The molecule has 7 nitrogen and oxygen atoms in total. The zero-order chi connectivity index (χ0) is 19.7. The van der Waals surface area contributed by atoms with Crippen molar-refractivity contribution in [3.05, 3.63) is 64.1 Å². The zero-order valence-corrected chi connectivity index (χ0v) is 16.4. The molecule has 1 amide bonds. The predicted molar refractivity (Wildman–Crippen MR) is 103 cm³/mol. The van der Waals surface area contributed by atoms with Gasteiger partial charge >= 0.3 is 0 Å². The highest BCUT2D eigenvalue weighted by atomic mass is 79.9. The van der Waals surface area contributed by atoms with Crippen molar-refractivity contribution >= 4 is 27.8 Å². The van der Waals surface area contributed by atoms with Crippen molar-refractivity contribution in [3.63, 3.8) is 0 Å². The average Bonchev–Trinajstić information content (AvgIpc) is 3.15. The van der Waals surface area contributed by atoms with Crippen molar-refractivity contribution in [3.8, 4) is 11.5 Å². The Morgan fingerprint density at radius 1 is 1.36 bits per heavy atom. The van der Waals surface area contributed by atoms with Crippen LogP contribution in [0.4, 0.5) is 10.3 Å². The molecule has 0 radical (unpaired) electrons. The van der Waals surface area contributed by atoms with Crippen LogP contribution >= 0.6 is 15.9 Å². The van der Waals surface area contributed by atoms with Gasteiger partial charge in [0.25, 0.3) is 0 Å². The molecule has 0 fully saturated rings. The van der Waals surface area contributed by atoms with Crippen LogP contribution in [0.1, 0.15) is 23.6 Å². The third-order valence-electron chi connectivity index (χ3n) is 4.46. The summed E-state index contributed by atoms with van der Waals surface area (Å²) in [6.07, 6.45) is 1.62. The van der Waals surface area contributed by atoms with Gasteiger partial charge < -0.3 is 9.47 Å². The molecule has 28 heavy (non-hydrogen) atoms. The molecule has 1 aliphatic rings. The molecule has 0 saturated heterocycles. The van der Waals surface area contributed by atoms with Crippen molar-refractivity contribution in [2.24, 2.45) is 0 Å². The Morgan fingerprint density at radius 2 is 2.18 bits per heavy atom. The fraction of sp³-hybridized carbons (Fsp3) is 0.211. The first-order valence-electron chi connectivity index (χ1n) is 8.50. The van der Waals surface area contributed by atoms with E-state index < -0.39 is 0 Å². The number of halogens is 2. The van der Waals surface area contributed by atoms with E-state index >= 15 is 0 Å². The van der Waals surface area contributed by atoms with Crippen LogP contribution in [0, 0.1) is 5.82 Å². The number of amides is 1. The number of hydrogen-bond acceptors (Lipinski definition) is 5. The van der Waals surface area contributed by atoms with Crippen LogP contribution in [-0.2, 0) is 11.4 Å². The molecule has 0 aliphatic carbocycles. The number of nitrogens with one attached hydrogen (secondary N) is 1. The predicted octanol–water partition coefficient (Wildman–Crippen LogP) is 3.70. The number of methoxy groups -OCH3 is 1. The summed E-state index contributed by atoms with van der Waals surface area (Å²) in [5.41, 5.74) is 1.25. The first-order chi connectivity index (χ1) is 13.6. The van der Waals surface area contributed by atoms with Crippen molar-refractivity contribution in [2.45, 2.75) is 19.1 Å². The van der Waals surface area contributed by atoms with Gasteiger partial charge in [-0.2, -0.15) is 10.1 Å². The number of anilines is 1. The minimum atomic E-state index is -0.332. The maximum Gasteiger partial charge on any atom is 0.229 e. The molecule has 4 rings (SSSR count). The normalized spacial score (nSPS) is 15.7. The maximum absolute atomic E-state index is 13.9. The van der Waals surface area contributed by atoms with Gasteiger partial charge in [0, 0.05) is 5.56 Å². The van der Waals surface area contributed by atoms with Crippen LogP contribution in [0.25, 0.3) is 0 Å². The van der Waals surface area contributed by atoms with Gasteiger partial charge in [-0.3, -0.25) is 10.1 Å². The SMILES string of the molecule is COc1cc([C@@H]2CC(=O)Nc3ncnn32)cc(Br)c1OCc1ccccc1F. The molecular weight excluding hydrogens is 431 g/mol. The number of rotatable bonds is 5. The summed E-state index contributed by atoms with van der Waals surface area (Å²) in [6, 6.07) is 9.74. The number of ether oxygens (including phenoxy) is 2. The van der Waals surface area contributed by atoms with E-state index in [4.69, 9.17) is 9.47 Å². The fourth-order valence-corrected chi connectivity index (χ4v) is 3.68. The molecule has 2 aromatic carbocycles. The van der Waals surface area contributed by atoms with Crippen LogP contribution in [0.15, 0.2) is 47.2 Å². The number of fused-ring (bicyclic) bond motifs is 1. The summed E-state index contributed by atoms with van der Waals surface area (Å²) in [4.78, 5) is 16.1. The van der Waals surface area contributed by atoms with Gasteiger partial charge in [0.15, 0.2) is 11.5 Å². The number of carbonyl (C=O) groups is 1. The molecule has 1 atom stereocenters. The van der Waals surface area contributed by atoms with Crippen LogP contribution in [0.3, 0.4) is 0 Å². The second kappa shape index (κ2) is 7.59. The Bertz CT molecular complexity index is 1040. The first kappa shape index (κ1) is 18.4. The van der Waals surface area contributed by atoms with Crippen LogP contribution in [0.2, 0.25) is 0 Å². The van der Waals surface area contributed by atoms with E-state index in [0.717, 1.165) is 5.56 Å². The summed E-state index contributed by atoms with van der Waals surface area (Å²) < 4.78 is 27.4. The molecule has 0 unspecified atom stereocenters. The van der Waals surface area contributed by atoms with Crippen molar-refractivity contribution in [2.75, 3.05) is 12.4 Å². The van der Waals surface area contributed by atoms with E-state index in [0.29, 0.717) is 27.5 Å². The molecule has 0 spiro atoms. The van der Waals surface area contributed by atoms with Crippen molar-refractivity contribution in [1.29, 1.82) is 0 Å². The van der Waals surface area contributed by atoms with Crippen LogP contribution in [0.5, 0.6) is 11.5 Å². The summed E-state index contributed by atoms with van der Waals surface area (Å²) in [5.74, 6) is 0.847. The Kier molecular flexibility index (Phi) is 4.99. The van der Waals surface area contributed by atoms with Gasteiger partial charge in [-0.05, 0) is 39.7 Å². The van der Waals surface area contributed by atoms with E-state index in [9.17, 15) is 9.18 Å². The van der Waals surface area contributed by atoms with Gasteiger partial charge in [-0.25, -0.2) is 9.07 Å². The third-order valence-corrected chi connectivity index (χ3v) is 5.05. The van der Waals surface area contributed by atoms with Gasteiger partial charge in [0.1, 0.15) is 18.8 Å². The molecule has 1 aromatic heterocycles. The topological polar surface area (TPSA) is 78.3 Å². The zero-order valence-electron chi connectivity index (χ0n) is 14.9. The minimum Gasteiger partial charge on any atom is -0.493 e. The number of benzene rings is 2. The molecule has 2 heterocycles. The summed E-state index contributed by atoms with van der Waals surface area (Å²) in [7, 11) is 1.52. The van der Waals surface area contributed by atoms with E-state index in [1.54, 1.807) is 28.9 Å².